The van der Waals surface area contributed by atoms with Gasteiger partial charge in [0.1, 0.15) is 12.4 Å². The molecule has 3 aromatic heterocycles. The minimum Gasteiger partial charge on any atom is -0.378 e. The van der Waals surface area contributed by atoms with Gasteiger partial charge in [-0.15, -0.1) is 5.10 Å². The summed E-state index contributed by atoms with van der Waals surface area (Å²) in [6.45, 7) is 1.52. The maximum atomic E-state index is 12.7. The van der Waals surface area contributed by atoms with Crippen molar-refractivity contribution in [2.75, 3.05) is 24.3 Å². The number of nitrogens with one attached hydrogen (secondary N) is 1. The average Bonchev–Trinajstić information content (AvgIpc) is 3.04. The first-order valence-electron chi connectivity index (χ1n) is 9.38. The third-order valence-corrected chi connectivity index (χ3v) is 4.62. The van der Waals surface area contributed by atoms with Crippen molar-refractivity contribution < 1.29 is 4.79 Å². The average molecular weight is 403 g/mol. The first-order valence-corrected chi connectivity index (χ1v) is 9.38. The first-order chi connectivity index (χ1) is 14.4. The smallest absolute Gasteiger partial charge is 0.352 e. The molecule has 152 valence electrons. The predicted molar refractivity (Wildman–Crippen MR) is 115 cm³/mol. The number of aromatic nitrogens is 5. The summed E-state index contributed by atoms with van der Waals surface area (Å²) in [6, 6.07) is 14.6. The Hall–Kier alpha value is -4.01. The summed E-state index contributed by atoms with van der Waals surface area (Å²) < 4.78 is 2.52. The van der Waals surface area contributed by atoms with E-state index in [1.165, 1.54) is 4.40 Å². The van der Waals surface area contributed by atoms with E-state index < -0.39 is 5.69 Å². The highest BCUT2D eigenvalue weighted by Gasteiger charge is 2.15. The number of carbonyl (C=O) groups excluding carboxylic acids is 1. The molecule has 0 fully saturated rings. The maximum Gasteiger partial charge on any atom is 0.352 e. The van der Waals surface area contributed by atoms with E-state index in [-0.39, 0.29) is 12.5 Å². The van der Waals surface area contributed by atoms with Gasteiger partial charge in [-0.3, -0.25) is 9.78 Å². The van der Waals surface area contributed by atoms with Gasteiger partial charge in [0, 0.05) is 37.7 Å². The Balaban J connectivity index is 1.58. The zero-order valence-electron chi connectivity index (χ0n) is 16.9. The number of aryl methyl sites for hydroxylation is 1. The van der Waals surface area contributed by atoms with Crippen LogP contribution in [0, 0.1) is 6.92 Å². The Bertz CT molecular complexity index is 1260. The van der Waals surface area contributed by atoms with Crippen LogP contribution in [0.5, 0.6) is 0 Å². The van der Waals surface area contributed by atoms with E-state index >= 15 is 0 Å². The van der Waals surface area contributed by atoms with Gasteiger partial charge >= 0.3 is 5.69 Å². The van der Waals surface area contributed by atoms with Gasteiger partial charge in [0.2, 0.25) is 5.91 Å². The van der Waals surface area contributed by atoms with Gasteiger partial charge in [-0.25, -0.2) is 18.9 Å². The molecule has 1 aromatic carbocycles. The molecule has 9 heteroatoms. The summed E-state index contributed by atoms with van der Waals surface area (Å²) in [5.41, 5.74) is 2.97. The normalized spacial score (nSPS) is 10.9. The van der Waals surface area contributed by atoms with Crippen molar-refractivity contribution in [3.05, 3.63) is 71.0 Å². The van der Waals surface area contributed by atoms with Crippen molar-refractivity contribution >= 4 is 22.9 Å². The lowest BCUT2D eigenvalue weighted by molar-refractivity contribution is -0.117. The topological polar surface area (TPSA) is 97.4 Å². The standard InChI is InChI=1S/C21H21N7O2/c1-14-23-18(17-6-4-5-11-22-17)12-19-25-27(21(30)28(14)19)13-20(29)24-15-7-9-16(10-8-15)26(2)3/h4-12H,13H2,1-3H3,(H,24,29). The van der Waals surface area contributed by atoms with Crippen LogP contribution in [0.25, 0.3) is 17.0 Å². The van der Waals surface area contributed by atoms with Crippen LogP contribution in [-0.2, 0) is 11.3 Å². The highest BCUT2D eigenvalue weighted by atomic mass is 16.2. The van der Waals surface area contributed by atoms with Crippen molar-refractivity contribution in [2.45, 2.75) is 13.5 Å². The molecule has 0 aliphatic carbocycles. The number of amides is 1. The lowest BCUT2D eigenvalue weighted by atomic mass is 10.2. The molecule has 0 aliphatic heterocycles. The molecular weight excluding hydrogens is 382 g/mol. The number of rotatable bonds is 5. The molecule has 9 nitrogen and oxygen atoms in total. The zero-order valence-corrected chi connectivity index (χ0v) is 16.9. The second kappa shape index (κ2) is 7.78. The van der Waals surface area contributed by atoms with Gasteiger partial charge in [-0.1, -0.05) is 6.07 Å². The van der Waals surface area contributed by atoms with Crippen molar-refractivity contribution in [3.63, 3.8) is 0 Å². The van der Waals surface area contributed by atoms with Crippen LogP contribution in [0.4, 0.5) is 11.4 Å². The minimum absolute atomic E-state index is 0.200. The minimum atomic E-state index is -0.416. The zero-order chi connectivity index (χ0) is 21.3. The third-order valence-electron chi connectivity index (χ3n) is 4.62. The van der Waals surface area contributed by atoms with Crippen LogP contribution in [0.3, 0.4) is 0 Å². The third kappa shape index (κ3) is 3.77. The maximum absolute atomic E-state index is 12.7. The molecule has 4 aromatic rings. The quantitative estimate of drug-likeness (QED) is 0.547. The van der Waals surface area contributed by atoms with E-state index in [9.17, 15) is 9.59 Å². The molecule has 1 amide bonds. The second-order valence-electron chi connectivity index (χ2n) is 7.03. The lowest BCUT2D eigenvalue weighted by Crippen LogP contribution is -2.28. The number of anilines is 2. The van der Waals surface area contributed by atoms with Crippen molar-refractivity contribution in [3.8, 4) is 11.4 Å². The van der Waals surface area contributed by atoms with E-state index in [0.29, 0.717) is 28.5 Å². The molecule has 0 spiro atoms. The summed E-state index contributed by atoms with van der Waals surface area (Å²) in [7, 11) is 3.89. The molecule has 0 bridgehead atoms. The first kappa shape index (κ1) is 19.3. The van der Waals surface area contributed by atoms with E-state index in [4.69, 9.17) is 0 Å². The fourth-order valence-corrected chi connectivity index (χ4v) is 3.13. The van der Waals surface area contributed by atoms with E-state index in [1.54, 1.807) is 19.2 Å². The number of nitrogens with zero attached hydrogens (tertiary/aromatic N) is 6. The van der Waals surface area contributed by atoms with Crippen LogP contribution in [0.2, 0.25) is 0 Å². The molecule has 4 rings (SSSR count). The van der Waals surface area contributed by atoms with Gasteiger partial charge in [0.15, 0.2) is 5.65 Å². The SMILES string of the molecule is Cc1nc(-c2ccccn2)cc2nn(CC(=O)Nc3ccc(N(C)C)cc3)c(=O)n12. The molecule has 0 saturated carbocycles. The number of pyridine rings is 1. The lowest BCUT2D eigenvalue weighted by Gasteiger charge is -2.13. The summed E-state index contributed by atoms with van der Waals surface area (Å²) in [5.74, 6) is 0.137. The summed E-state index contributed by atoms with van der Waals surface area (Å²) in [6.07, 6.45) is 1.68. The molecule has 0 atom stereocenters. The molecule has 1 N–H and O–H groups in total. The monoisotopic (exact) mass is 403 g/mol. The van der Waals surface area contributed by atoms with Crippen LogP contribution in [0.1, 0.15) is 5.82 Å². The fraction of sp³-hybridized carbons (Fsp3) is 0.190. The van der Waals surface area contributed by atoms with E-state index in [2.05, 4.69) is 20.4 Å². The van der Waals surface area contributed by atoms with Gasteiger partial charge in [0.25, 0.3) is 0 Å². The number of benzene rings is 1. The molecule has 3 heterocycles. The number of fused-ring (bicyclic) bond motifs is 1. The predicted octanol–water partition coefficient (Wildman–Crippen LogP) is 1.97. The fourth-order valence-electron chi connectivity index (χ4n) is 3.13. The molecule has 0 aliphatic rings. The van der Waals surface area contributed by atoms with Gasteiger partial charge < -0.3 is 10.2 Å². The van der Waals surface area contributed by atoms with Crippen molar-refractivity contribution in [1.29, 1.82) is 0 Å². The van der Waals surface area contributed by atoms with Gasteiger partial charge in [0.05, 0.1) is 11.4 Å². The summed E-state index contributed by atoms with van der Waals surface area (Å²) >= 11 is 0. The summed E-state index contributed by atoms with van der Waals surface area (Å²) in [5, 5.41) is 7.10. The van der Waals surface area contributed by atoms with Crippen molar-refractivity contribution in [1.82, 2.24) is 24.1 Å². The van der Waals surface area contributed by atoms with Crippen LogP contribution in [-0.4, -0.2) is 44.2 Å². The Morgan fingerprint density at radius 1 is 1.10 bits per heavy atom. The Labute approximate surface area is 172 Å². The van der Waals surface area contributed by atoms with E-state index in [1.807, 2.05) is 61.5 Å². The largest absolute Gasteiger partial charge is 0.378 e. The Morgan fingerprint density at radius 3 is 2.53 bits per heavy atom. The van der Waals surface area contributed by atoms with E-state index in [0.717, 1.165) is 10.4 Å². The number of hydrogen-bond acceptors (Lipinski definition) is 6. The molecule has 0 radical (unpaired) electrons. The number of hydrogen-bond donors (Lipinski definition) is 1. The highest BCUT2D eigenvalue weighted by Crippen LogP contribution is 2.17. The molecular formula is C21H21N7O2. The molecule has 30 heavy (non-hydrogen) atoms. The molecule has 0 saturated heterocycles. The Morgan fingerprint density at radius 2 is 1.87 bits per heavy atom. The Kier molecular flexibility index (Phi) is 5.01. The second-order valence-corrected chi connectivity index (χ2v) is 7.03. The number of carbonyl (C=O) groups is 1. The van der Waals surface area contributed by atoms with Crippen molar-refractivity contribution in [2.24, 2.45) is 0 Å². The van der Waals surface area contributed by atoms with Crippen LogP contribution >= 0.6 is 0 Å². The van der Waals surface area contributed by atoms with Crippen LogP contribution in [0.15, 0.2) is 59.5 Å². The summed E-state index contributed by atoms with van der Waals surface area (Å²) in [4.78, 5) is 35.9. The van der Waals surface area contributed by atoms with Gasteiger partial charge in [-0.05, 0) is 43.3 Å². The molecule has 0 unspecified atom stereocenters. The van der Waals surface area contributed by atoms with Crippen LogP contribution < -0.4 is 15.9 Å². The van der Waals surface area contributed by atoms with Gasteiger partial charge in [-0.2, -0.15) is 0 Å². The highest BCUT2D eigenvalue weighted by molar-refractivity contribution is 5.90.